The summed E-state index contributed by atoms with van der Waals surface area (Å²) in [6.45, 7) is 0. The van der Waals surface area contributed by atoms with Gasteiger partial charge in [0.25, 0.3) is 0 Å². The molecule has 0 amide bonds. The van der Waals surface area contributed by atoms with Gasteiger partial charge in [-0.1, -0.05) is 130 Å². The molecule has 2 saturated carbocycles. The van der Waals surface area contributed by atoms with Crippen LogP contribution in [-0.4, -0.2) is 17.3 Å². The molecule has 3 aromatic carbocycles. The van der Waals surface area contributed by atoms with Crippen molar-refractivity contribution in [2.75, 3.05) is 0 Å². The molecule has 2 fully saturated rings. The van der Waals surface area contributed by atoms with Crippen molar-refractivity contribution in [2.24, 2.45) is 0 Å². The molecule has 5 rings (SSSR count). The monoisotopic (exact) mass is 442 g/mol. The molecule has 2 nitrogen and oxygen atoms in total. The summed E-state index contributed by atoms with van der Waals surface area (Å²) in [6, 6.07) is 32.1. The zero-order chi connectivity index (χ0) is 22.8. The van der Waals surface area contributed by atoms with Crippen molar-refractivity contribution in [2.45, 2.75) is 82.0 Å². The maximum Gasteiger partial charge on any atom is 0.144 e. The smallest absolute Gasteiger partial charge is 0.144 e. The highest BCUT2D eigenvalue weighted by Crippen LogP contribution is 2.43. The molecular weight excluding hydrogens is 404 g/mol. The van der Waals surface area contributed by atoms with Gasteiger partial charge in [0.05, 0.1) is 12.2 Å². The first-order valence-corrected chi connectivity index (χ1v) is 12.8. The Morgan fingerprint density at radius 1 is 0.515 bits per heavy atom. The first-order chi connectivity index (χ1) is 16.3. The predicted molar refractivity (Wildman–Crippen MR) is 136 cm³/mol. The van der Waals surface area contributed by atoms with Crippen LogP contribution in [0.15, 0.2) is 91.0 Å². The number of hydrogen-bond acceptors (Lipinski definition) is 2. The van der Waals surface area contributed by atoms with Gasteiger partial charge in [-0.2, -0.15) is 0 Å². The molecule has 0 bridgehead atoms. The number of hydrogen-bond donors (Lipinski definition) is 1. The van der Waals surface area contributed by atoms with E-state index in [2.05, 4.69) is 91.0 Å². The van der Waals surface area contributed by atoms with E-state index in [4.69, 9.17) is 9.84 Å². The third-order valence-corrected chi connectivity index (χ3v) is 7.01. The lowest BCUT2D eigenvalue weighted by Crippen LogP contribution is -2.37. The van der Waals surface area contributed by atoms with Gasteiger partial charge in [0.1, 0.15) is 5.60 Å². The lowest BCUT2D eigenvalue weighted by atomic mass is 9.79. The molecule has 0 saturated heterocycles. The molecule has 0 aromatic heterocycles. The molecular formula is C31H38O2. The standard InChI is InChI=1S/C25H26O.C6H12O/c1-5-13-21(14-6-1)25(22-15-7-2-8-16-22,23-17-9-3-10-18-23)26-24-19-11-4-12-20-24;7-6-4-2-1-3-5-6/h1-3,5-10,13-18,24H,4,11-12,19-20H2;6-7H,1-5H2. The van der Waals surface area contributed by atoms with Crippen LogP contribution in [0.1, 0.15) is 80.9 Å². The van der Waals surface area contributed by atoms with Crippen LogP contribution in [0.25, 0.3) is 0 Å². The second-order valence-corrected chi connectivity index (χ2v) is 9.45. The molecule has 2 aliphatic carbocycles. The largest absolute Gasteiger partial charge is 0.393 e. The van der Waals surface area contributed by atoms with Gasteiger partial charge in [-0.05, 0) is 42.4 Å². The average Bonchev–Trinajstić information content (AvgIpc) is 2.90. The van der Waals surface area contributed by atoms with Gasteiger partial charge in [-0.25, -0.2) is 0 Å². The molecule has 0 aliphatic heterocycles. The third-order valence-electron chi connectivity index (χ3n) is 7.01. The van der Waals surface area contributed by atoms with Crippen molar-refractivity contribution in [3.05, 3.63) is 108 Å². The molecule has 2 heteroatoms. The van der Waals surface area contributed by atoms with Crippen LogP contribution in [0, 0.1) is 0 Å². The Morgan fingerprint density at radius 2 is 0.879 bits per heavy atom. The van der Waals surface area contributed by atoms with E-state index >= 15 is 0 Å². The van der Waals surface area contributed by atoms with Crippen LogP contribution in [0.4, 0.5) is 0 Å². The Balaban J connectivity index is 0.000000318. The topological polar surface area (TPSA) is 29.5 Å². The molecule has 0 unspecified atom stereocenters. The molecule has 2 aliphatic rings. The number of ether oxygens (including phenoxy) is 1. The number of benzene rings is 3. The molecule has 0 heterocycles. The number of aliphatic hydroxyl groups is 1. The fraction of sp³-hybridized carbons (Fsp3) is 0.419. The summed E-state index contributed by atoms with van der Waals surface area (Å²) < 4.78 is 7.04. The van der Waals surface area contributed by atoms with E-state index in [9.17, 15) is 0 Å². The maximum absolute atomic E-state index is 8.91. The summed E-state index contributed by atoms with van der Waals surface area (Å²) in [4.78, 5) is 0. The van der Waals surface area contributed by atoms with Gasteiger partial charge in [-0.3, -0.25) is 0 Å². The number of aliphatic hydroxyl groups excluding tert-OH is 1. The quantitative estimate of drug-likeness (QED) is 0.411. The molecule has 33 heavy (non-hydrogen) atoms. The Bertz CT molecular complexity index is 814. The van der Waals surface area contributed by atoms with Crippen LogP contribution in [0.5, 0.6) is 0 Å². The normalized spacial score (nSPS) is 17.7. The lowest BCUT2D eigenvalue weighted by Gasteiger charge is -2.40. The lowest BCUT2D eigenvalue weighted by molar-refractivity contribution is -0.0623. The fourth-order valence-electron chi connectivity index (χ4n) is 5.24. The van der Waals surface area contributed by atoms with E-state index < -0.39 is 5.60 Å². The van der Waals surface area contributed by atoms with Crippen molar-refractivity contribution >= 4 is 0 Å². The van der Waals surface area contributed by atoms with Crippen LogP contribution < -0.4 is 0 Å². The Kier molecular flexibility index (Phi) is 8.74. The molecule has 3 aromatic rings. The fourth-order valence-corrected chi connectivity index (χ4v) is 5.24. The van der Waals surface area contributed by atoms with Crippen LogP contribution in [0.3, 0.4) is 0 Å². The zero-order valence-electron chi connectivity index (χ0n) is 19.7. The van der Waals surface area contributed by atoms with Gasteiger partial charge >= 0.3 is 0 Å². The predicted octanol–water partition coefficient (Wildman–Crippen LogP) is 7.64. The van der Waals surface area contributed by atoms with Gasteiger partial charge in [0.2, 0.25) is 0 Å². The van der Waals surface area contributed by atoms with Crippen LogP contribution >= 0.6 is 0 Å². The summed E-state index contributed by atoms with van der Waals surface area (Å²) in [5, 5.41) is 8.91. The van der Waals surface area contributed by atoms with Crippen molar-refractivity contribution < 1.29 is 9.84 Å². The van der Waals surface area contributed by atoms with Crippen molar-refractivity contribution in [1.82, 2.24) is 0 Å². The van der Waals surface area contributed by atoms with Gasteiger partial charge in [0, 0.05) is 0 Å². The third kappa shape index (κ3) is 6.13. The van der Waals surface area contributed by atoms with Crippen molar-refractivity contribution in [1.29, 1.82) is 0 Å². The second kappa shape index (κ2) is 12.2. The first kappa shape index (κ1) is 23.7. The molecule has 0 radical (unpaired) electrons. The Labute approximate surface area is 199 Å². The minimum atomic E-state index is -0.564. The summed E-state index contributed by atoms with van der Waals surface area (Å²) in [5.74, 6) is 0. The van der Waals surface area contributed by atoms with Crippen LogP contribution in [-0.2, 0) is 10.3 Å². The van der Waals surface area contributed by atoms with Crippen LogP contribution in [0.2, 0.25) is 0 Å². The Hall–Kier alpha value is -2.42. The molecule has 1 N–H and O–H groups in total. The highest BCUT2D eigenvalue weighted by molar-refractivity contribution is 5.47. The first-order valence-electron chi connectivity index (χ1n) is 12.8. The van der Waals surface area contributed by atoms with Gasteiger partial charge in [-0.15, -0.1) is 0 Å². The number of rotatable bonds is 5. The highest BCUT2D eigenvalue weighted by Gasteiger charge is 2.39. The SMILES string of the molecule is OC1CCCCC1.c1ccc(C(OC2CCCCC2)(c2ccccc2)c2ccccc2)cc1. The second-order valence-electron chi connectivity index (χ2n) is 9.45. The van der Waals surface area contributed by atoms with Gasteiger partial charge in [0.15, 0.2) is 0 Å². The van der Waals surface area contributed by atoms with E-state index in [0.29, 0.717) is 6.10 Å². The summed E-state index contributed by atoms with van der Waals surface area (Å²) in [6.07, 6.45) is 12.4. The minimum Gasteiger partial charge on any atom is -0.393 e. The molecule has 0 atom stereocenters. The maximum atomic E-state index is 8.91. The van der Waals surface area contributed by atoms with E-state index in [1.54, 1.807) is 0 Å². The summed E-state index contributed by atoms with van der Waals surface area (Å²) in [7, 11) is 0. The minimum absolute atomic E-state index is 0.0359. The van der Waals surface area contributed by atoms with E-state index in [0.717, 1.165) is 25.7 Å². The highest BCUT2D eigenvalue weighted by atomic mass is 16.5. The average molecular weight is 443 g/mol. The zero-order valence-corrected chi connectivity index (χ0v) is 19.7. The van der Waals surface area contributed by atoms with Crippen molar-refractivity contribution in [3.8, 4) is 0 Å². The van der Waals surface area contributed by atoms with Crippen molar-refractivity contribution in [3.63, 3.8) is 0 Å². The molecule has 0 spiro atoms. The summed E-state index contributed by atoms with van der Waals surface area (Å²) in [5.41, 5.74) is 3.03. The van der Waals surface area contributed by atoms with E-state index in [1.165, 1.54) is 55.2 Å². The van der Waals surface area contributed by atoms with Gasteiger partial charge < -0.3 is 9.84 Å². The van der Waals surface area contributed by atoms with E-state index in [-0.39, 0.29) is 6.10 Å². The summed E-state index contributed by atoms with van der Waals surface area (Å²) >= 11 is 0. The van der Waals surface area contributed by atoms with E-state index in [1.807, 2.05) is 0 Å². The molecule has 174 valence electrons. The Morgan fingerprint density at radius 3 is 1.21 bits per heavy atom.